The van der Waals surface area contributed by atoms with Crippen molar-refractivity contribution in [2.45, 2.75) is 13.5 Å². The van der Waals surface area contributed by atoms with E-state index in [1.54, 1.807) is 6.92 Å². The van der Waals surface area contributed by atoms with Crippen molar-refractivity contribution in [2.75, 3.05) is 12.3 Å². The van der Waals surface area contributed by atoms with Crippen molar-refractivity contribution in [1.82, 2.24) is 9.55 Å². The first-order valence-corrected chi connectivity index (χ1v) is 4.32. The number of carbonyl (C=O) groups excluding carboxylic acids is 2. The molecule has 1 aromatic heterocycles. The molecule has 4 N–H and O–H groups in total. The fraction of sp³-hybridized carbons (Fsp3) is 0.375. The summed E-state index contributed by atoms with van der Waals surface area (Å²) < 4.78 is 6.01. The Hall–Kier alpha value is -2.05. The van der Waals surface area contributed by atoms with Gasteiger partial charge in [-0.15, -0.1) is 0 Å². The fourth-order valence-electron chi connectivity index (χ4n) is 1.05. The number of hydrogen-bond donors (Lipinski definition) is 2. The van der Waals surface area contributed by atoms with Gasteiger partial charge < -0.3 is 20.8 Å². The van der Waals surface area contributed by atoms with Crippen molar-refractivity contribution in [2.24, 2.45) is 5.73 Å². The monoisotopic (exact) mass is 212 g/mol. The molecule has 15 heavy (non-hydrogen) atoms. The summed E-state index contributed by atoms with van der Waals surface area (Å²) in [5, 5.41) is 0. The van der Waals surface area contributed by atoms with Crippen LogP contribution in [0.4, 0.5) is 5.82 Å². The van der Waals surface area contributed by atoms with E-state index < -0.39 is 11.9 Å². The lowest BCUT2D eigenvalue weighted by atomic mass is 10.4. The first-order chi connectivity index (χ1) is 7.06. The number of imidazole rings is 1. The van der Waals surface area contributed by atoms with Crippen LogP contribution in [-0.2, 0) is 16.1 Å². The van der Waals surface area contributed by atoms with E-state index >= 15 is 0 Å². The van der Waals surface area contributed by atoms with Crippen molar-refractivity contribution < 1.29 is 14.3 Å². The van der Waals surface area contributed by atoms with Crippen molar-refractivity contribution in [3.05, 3.63) is 12.0 Å². The predicted octanol–water partition coefficient (Wildman–Crippen LogP) is -0.873. The molecule has 7 nitrogen and oxygen atoms in total. The molecule has 1 aromatic rings. The molecule has 1 heterocycles. The average molecular weight is 212 g/mol. The number of nitrogens with two attached hydrogens (primary N) is 2. The second-order valence-corrected chi connectivity index (χ2v) is 2.78. The van der Waals surface area contributed by atoms with Crippen LogP contribution in [0.25, 0.3) is 0 Å². The molecule has 0 saturated heterocycles. The standard InChI is InChI=1S/C8H12N4O3/c1-2-15-5(13)3-12-4-11-6(7(12)9)8(10)14/h4H,2-3,9H2,1H3,(H2,10,14). The van der Waals surface area contributed by atoms with E-state index in [-0.39, 0.29) is 24.7 Å². The fourth-order valence-corrected chi connectivity index (χ4v) is 1.05. The van der Waals surface area contributed by atoms with E-state index in [2.05, 4.69) is 4.98 Å². The summed E-state index contributed by atoms with van der Waals surface area (Å²) in [5.41, 5.74) is 10.5. The number of primary amides is 1. The smallest absolute Gasteiger partial charge is 0.326 e. The van der Waals surface area contributed by atoms with Gasteiger partial charge in [0.15, 0.2) is 5.69 Å². The van der Waals surface area contributed by atoms with Crippen LogP contribution in [0, 0.1) is 0 Å². The number of rotatable bonds is 4. The number of anilines is 1. The van der Waals surface area contributed by atoms with Crippen LogP contribution >= 0.6 is 0 Å². The average Bonchev–Trinajstić information content (AvgIpc) is 2.48. The van der Waals surface area contributed by atoms with Gasteiger partial charge in [0.05, 0.1) is 12.9 Å². The molecule has 0 saturated carbocycles. The van der Waals surface area contributed by atoms with Gasteiger partial charge in [0.25, 0.3) is 5.91 Å². The van der Waals surface area contributed by atoms with Crippen LogP contribution in [0.1, 0.15) is 17.4 Å². The minimum absolute atomic E-state index is 0.0423. The van der Waals surface area contributed by atoms with E-state index in [4.69, 9.17) is 16.2 Å². The Bertz CT molecular complexity index is 385. The van der Waals surface area contributed by atoms with E-state index in [1.165, 1.54) is 10.9 Å². The van der Waals surface area contributed by atoms with Crippen LogP contribution in [0.5, 0.6) is 0 Å². The molecule has 0 bridgehead atoms. The molecular formula is C8H12N4O3. The number of esters is 1. The maximum atomic E-state index is 11.1. The van der Waals surface area contributed by atoms with Gasteiger partial charge in [-0.2, -0.15) is 0 Å². The zero-order chi connectivity index (χ0) is 11.4. The summed E-state index contributed by atoms with van der Waals surface area (Å²) >= 11 is 0. The maximum Gasteiger partial charge on any atom is 0.326 e. The third-order valence-corrected chi connectivity index (χ3v) is 1.72. The number of carbonyl (C=O) groups is 2. The maximum absolute atomic E-state index is 11.1. The largest absolute Gasteiger partial charge is 0.465 e. The molecule has 0 radical (unpaired) electrons. The highest BCUT2D eigenvalue weighted by molar-refractivity contribution is 5.95. The second kappa shape index (κ2) is 4.45. The van der Waals surface area contributed by atoms with Crippen molar-refractivity contribution in [3.8, 4) is 0 Å². The lowest BCUT2D eigenvalue weighted by molar-refractivity contribution is -0.143. The number of aromatic nitrogens is 2. The highest BCUT2D eigenvalue weighted by Gasteiger charge is 2.14. The lowest BCUT2D eigenvalue weighted by Crippen LogP contribution is -2.17. The van der Waals surface area contributed by atoms with E-state index in [9.17, 15) is 9.59 Å². The molecule has 0 aliphatic rings. The van der Waals surface area contributed by atoms with E-state index in [0.29, 0.717) is 0 Å². The van der Waals surface area contributed by atoms with Gasteiger partial charge in [0.1, 0.15) is 12.4 Å². The van der Waals surface area contributed by atoms with Gasteiger partial charge in [0, 0.05) is 0 Å². The Labute approximate surface area is 86.0 Å². The molecule has 0 aliphatic heterocycles. The molecule has 0 unspecified atom stereocenters. The molecule has 0 aliphatic carbocycles. The summed E-state index contributed by atoms with van der Waals surface area (Å²) in [5.74, 6) is -1.11. The van der Waals surface area contributed by atoms with Gasteiger partial charge in [-0.05, 0) is 6.92 Å². The Balaban J connectivity index is 2.79. The topological polar surface area (TPSA) is 113 Å². The predicted molar refractivity (Wildman–Crippen MR) is 51.8 cm³/mol. The van der Waals surface area contributed by atoms with E-state index in [1.807, 2.05) is 0 Å². The Morgan fingerprint density at radius 3 is 2.73 bits per heavy atom. The van der Waals surface area contributed by atoms with Crippen LogP contribution < -0.4 is 11.5 Å². The van der Waals surface area contributed by atoms with Crippen LogP contribution in [0.2, 0.25) is 0 Å². The second-order valence-electron chi connectivity index (χ2n) is 2.78. The minimum atomic E-state index is -0.727. The molecule has 82 valence electrons. The quantitative estimate of drug-likeness (QED) is 0.629. The van der Waals surface area contributed by atoms with Crippen molar-refractivity contribution in [1.29, 1.82) is 0 Å². The molecular weight excluding hydrogens is 200 g/mol. The van der Waals surface area contributed by atoms with Crippen molar-refractivity contribution in [3.63, 3.8) is 0 Å². The molecule has 1 rings (SSSR count). The Morgan fingerprint density at radius 2 is 2.27 bits per heavy atom. The normalized spacial score (nSPS) is 9.93. The number of hydrogen-bond acceptors (Lipinski definition) is 5. The third-order valence-electron chi connectivity index (χ3n) is 1.72. The Kier molecular flexibility index (Phi) is 3.27. The van der Waals surface area contributed by atoms with Gasteiger partial charge in [-0.25, -0.2) is 4.98 Å². The summed E-state index contributed by atoms with van der Waals surface area (Å²) in [4.78, 5) is 25.6. The van der Waals surface area contributed by atoms with Gasteiger partial charge in [0.2, 0.25) is 0 Å². The van der Waals surface area contributed by atoms with Crippen LogP contribution in [0.15, 0.2) is 6.33 Å². The SMILES string of the molecule is CCOC(=O)Cn1cnc(C(N)=O)c1N. The summed E-state index contributed by atoms with van der Waals surface area (Å²) in [7, 11) is 0. The highest BCUT2D eigenvalue weighted by Crippen LogP contribution is 2.08. The summed E-state index contributed by atoms with van der Waals surface area (Å²) in [6.45, 7) is 1.90. The van der Waals surface area contributed by atoms with Crippen molar-refractivity contribution >= 4 is 17.7 Å². The first kappa shape index (κ1) is 11.0. The van der Waals surface area contributed by atoms with Gasteiger partial charge in [-0.3, -0.25) is 9.59 Å². The molecule has 7 heteroatoms. The van der Waals surface area contributed by atoms with Gasteiger partial charge in [-0.1, -0.05) is 0 Å². The van der Waals surface area contributed by atoms with Crippen LogP contribution in [-0.4, -0.2) is 28.0 Å². The lowest BCUT2D eigenvalue weighted by Gasteiger charge is -2.04. The zero-order valence-electron chi connectivity index (χ0n) is 8.27. The molecule has 0 fully saturated rings. The third kappa shape index (κ3) is 2.46. The summed E-state index contributed by atoms with van der Waals surface area (Å²) in [6, 6.07) is 0. The number of nitrogen functional groups attached to an aromatic ring is 1. The Morgan fingerprint density at radius 1 is 1.60 bits per heavy atom. The molecule has 1 amide bonds. The number of ether oxygens (including phenoxy) is 1. The highest BCUT2D eigenvalue weighted by atomic mass is 16.5. The molecule has 0 aromatic carbocycles. The molecule has 0 spiro atoms. The van der Waals surface area contributed by atoms with Crippen LogP contribution in [0.3, 0.4) is 0 Å². The number of nitrogens with zero attached hydrogens (tertiary/aromatic N) is 2. The first-order valence-electron chi connectivity index (χ1n) is 4.32. The zero-order valence-corrected chi connectivity index (χ0v) is 8.27. The van der Waals surface area contributed by atoms with Gasteiger partial charge >= 0.3 is 5.97 Å². The summed E-state index contributed by atoms with van der Waals surface area (Å²) in [6.07, 6.45) is 1.27. The minimum Gasteiger partial charge on any atom is -0.465 e. The van der Waals surface area contributed by atoms with E-state index in [0.717, 1.165) is 0 Å². The number of amides is 1. The molecule has 0 atom stereocenters.